The predicted octanol–water partition coefficient (Wildman–Crippen LogP) is 4.21. The van der Waals surface area contributed by atoms with Crippen LogP contribution in [0, 0.1) is 6.92 Å². The Bertz CT molecular complexity index is 1220. The minimum absolute atomic E-state index is 0.219. The second kappa shape index (κ2) is 7.52. The number of hydrogen-bond acceptors (Lipinski definition) is 5. The van der Waals surface area contributed by atoms with Crippen LogP contribution in [0.5, 0.6) is 5.88 Å². The van der Waals surface area contributed by atoms with Gasteiger partial charge in [0.1, 0.15) is 6.54 Å². The first-order chi connectivity index (χ1) is 13.9. The summed E-state index contributed by atoms with van der Waals surface area (Å²) in [7, 11) is 0. The van der Waals surface area contributed by atoms with E-state index in [0.717, 1.165) is 44.0 Å². The Balaban J connectivity index is 1.59. The third-order valence-electron chi connectivity index (χ3n) is 4.68. The number of aryl methyl sites for hydroxylation is 1. The van der Waals surface area contributed by atoms with Crippen LogP contribution in [0.25, 0.3) is 11.6 Å². The standard InChI is InChI=1S/C22H19N3O3S/c1-13-7-9-15(10-8-13)24-20(26)12-25-21(27)19(29-22(25)28)11-17-14(2)23-18-6-4-3-5-16(17)18/h3-11,27H,12H2,1-2H3,(H,24,26)/b17-11+. The first kappa shape index (κ1) is 18.9. The second-order valence-electron chi connectivity index (χ2n) is 6.83. The minimum Gasteiger partial charge on any atom is -0.493 e. The number of fused-ring (bicyclic) bond motifs is 1. The van der Waals surface area contributed by atoms with E-state index in [1.54, 1.807) is 18.2 Å². The SMILES string of the molecule is CC1=Nc2ccccc2/C1=C/c1sc(=O)n(CC(=O)Nc2ccc(C)cc2)c1O. The first-order valence-electron chi connectivity index (χ1n) is 9.08. The van der Waals surface area contributed by atoms with Crippen LogP contribution in [0.3, 0.4) is 0 Å². The molecule has 4 rings (SSSR count). The van der Waals surface area contributed by atoms with Crippen LogP contribution in [0.4, 0.5) is 11.4 Å². The van der Waals surface area contributed by atoms with Crippen LogP contribution < -0.4 is 10.2 Å². The van der Waals surface area contributed by atoms with Gasteiger partial charge in [-0.2, -0.15) is 0 Å². The van der Waals surface area contributed by atoms with E-state index < -0.39 is 4.87 Å². The van der Waals surface area contributed by atoms with E-state index in [1.807, 2.05) is 50.2 Å². The van der Waals surface area contributed by atoms with Crippen molar-refractivity contribution in [3.05, 3.63) is 74.2 Å². The highest BCUT2D eigenvalue weighted by Crippen LogP contribution is 2.37. The number of hydrogen-bond donors (Lipinski definition) is 2. The number of rotatable bonds is 4. The summed E-state index contributed by atoms with van der Waals surface area (Å²) < 4.78 is 1.08. The van der Waals surface area contributed by atoms with Crippen molar-refractivity contribution in [2.75, 3.05) is 5.32 Å². The van der Waals surface area contributed by atoms with Gasteiger partial charge in [-0.15, -0.1) is 0 Å². The molecule has 0 saturated carbocycles. The molecule has 0 unspecified atom stereocenters. The van der Waals surface area contributed by atoms with Gasteiger partial charge in [0.15, 0.2) is 0 Å². The molecule has 0 radical (unpaired) electrons. The van der Waals surface area contributed by atoms with E-state index in [-0.39, 0.29) is 18.3 Å². The van der Waals surface area contributed by atoms with E-state index in [4.69, 9.17) is 0 Å². The van der Waals surface area contributed by atoms with Gasteiger partial charge in [-0.3, -0.25) is 19.1 Å². The summed E-state index contributed by atoms with van der Waals surface area (Å²) in [6, 6.07) is 15.1. The highest BCUT2D eigenvalue weighted by molar-refractivity contribution is 7.10. The van der Waals surface area contributed by atoms with Crippen LogP contribution in [-0.2, 0) is 11.3 Å². The van der Waals surface area contributed by atoms with E-state index in [1.165, 1.54) is 0 Å². The summed E-state index contributed by atoms with van der Waals surface area (Å²) in [6.07, 6.45) is 1.75. The zero-order chi connectivity index (χ0) is 20.5. The molecular weight excluding hydrogens is 386 g/mol. The average molecular weight is 405 g/mol. The average Bonchev–Trinajstić information content (AvgIpc) is 3.15. The molecule has 0 atom stereocenters. The number of nitrogens with zero attached hydrogens (tertiary/aromatic N) is 2. The number of aliphatic imine (C=N–C) groups is 1. The molecule has 2 N–H and O–H groups in total. The summed E-state index contributed by atoms with van der Waals surface area (Å²) in [6.45, 7) is 3.58. The summed E-state index contributed by atoms with van der Waals surface area (Å²) in [5, 5.41) is 13.3. The summed E-state index contributed by atoms with van der Waals surface area (Å²) >= 11 is 0.901. The van der Waals surface area contributed by atoms with E-state index in [2.05, 4.69) is 10.3 Å². The molecule has 1 aromatic heterocycles. The monoisotopic (exact) mass is 405 g/mol. The Morgan fingerprint density at radius 1 is 1.17 bits per heavy atom. The molecule has 29 heavy (non-hydrogen) atoms. The number of allylic oxidation sites excluding steroid dienone is 1. The lowest BCUT2D eigenvalue weighted by atomic mass is 10.0. The Labute approximate surface area is 171 Å². The van der Waals surface area contributed by atoms with Crippen molar-refractivity contribution in [2.24, 2.45) is 4.99 Å². The minimum atomic E-state index is -0.394. The number of aromatic nitrogens is 1. The van der Waals surface area contributed by atoms with E-state index >= 15 is 0 Å². The zero-order valence-corrected chi connectivity index (χ0v) is 16.8. The number of nitrogens with one attached hydrogen (secondary N) is 1. The third-order valence-corrected chi connectivity index (χ3v) is 5.59. The maximum atomic E-state index is 12.4. The summed E-state index contributed by atoms with van der Waals surface area (Å²) in [5.74, 6) is -0.601. The molecule has 1 aliphatic rings. The van der Waals surface area contributed by atoms with Gasteiger partial charge in [0, 0.05) is 22.5 Å². The van der Waals surface area contributed by atoms with Gasteiger partial charge in [-0.25, -0.2) is 0 Å². The van der Waals surface area contributed by atoms with Gasteiger partial charge >= 0.3 is 4.87 Å². The number of carbonyl (C=O) groups is 1. The Morgan fingerprint density at radius 2 is 1.90 bits per heavy atom. The Kier molecular flexibility index (Phi) is 4.90. The molecular formula is C22H19N3O3S. The lowest BCUT2D eigenvalue weighted by molar-refractivity contribution is -0.116. The van der Waals surface area contributed by atoms with E-state index in [9.17, 15) is 14.7 Å². The number of carbonyl (C=O) groups excluding carboxylic acids is 1. The smallest absolute Gasteiger partial charge is 0.311 e. The molecule has 0 bridgehead atoms. The highest BCUT2D eigenvalue weighted by atomic mass is 32.1. The second-order valence-corrected chi connectivity index (χ2v) is 7.82. The lowest BCUT2D eigenvalue weighted by Gasteiger charge is -2.07. The molecule has 0 aliphatic carbocycles. The largest absolute Gasteiger partial charge is 0.493 e. The van der Waals surface area contributed by atoms with Crippen LogP contribution >= 0.6 is 11.3 Å². The van der Waals surface area contributed by atoms with Crippen molar-refractivity contribution >= 4 is 46.0 Å². The molecule has 2 aromatic carbocycles. The van der Waals surface area contributed by atoms with Crippen molar-refractivity contribution < 1.29 is 9.90 Å². The first-order valence-corrected chi connectivity index (χ1v) is 9.90. The van der Waals surface area contributed by atoms with Crippen molar-refractivity contribution in [1.29, 1.82) is 0 Å². The number of benzene rings is 2. The van der Waals surface area contributed by atoms with Gasteiger partial charge in [0.05, 0.1) is 10.6 Å². The van der Waals surface area contributed by atoms with Gasteiger partial charge in [0.25, 0.3) is 0 Å². The molecule has 1 amide bonds. The molecule has 6 nitrogen and oxygen atoms in total. The summed E-state index contributed by atoms with van der Waals surface area (Å²) in [4.78, 5) is 29.2. The number of aromatic hydroxyl groups is 1. The van der Waals surface area contributed by atoms with E-state index in [0.29, 0.717) is 10.6 Å². The van der Waals surface area contributed by atoms with Crippen molar-refractivity contribution in [3.63, 3.8) is 0 Å². The van der Waals surface area contributed by atoms with Crippen LogP contribution in [0.1, 0.15) is 22.9 Å². The fourth-order valence-electron chi connectivity index (χ4n) is 3.18. The number of amides is 1. The maximum absolute atomic E-state index is 12.4. The Hall–Kier alpha value is -3.45. The normalized spacial score (nSPS) is 14.0. The van der Waals surface area contributed by atoms with Crippen LogP contribution in [0.15, 0.2) is 58.3 Å². The van der Waals surface area contributed by atoms with Gasteiger partial charge in [0.2, 0.25) is 11.8 Å². The lowest BCUT2D eigenvalue weighted by Crippen LogP contribution is -2.24. The molecule has 1 aliphatic heterocycles. The quantitative estimate of drug-likeness (QED) is 0.682. The summed E-state index contributed by atoms with van der Waals surface area (Å²) in [5.41, 5.74) is 5.21. The van der Waals surface area contributed by atoms with Gasteiger partial charge in [-0.1, -0.05) is 47.2 Å². The molecule has 3 aromatic rings. The molecule has 0 fully saturated rings. The van der Waals surface area contributed by atoms with Crippen LogP contribution in [-0.4, -0.2) is 21.3 Å². The highest BCUT2D eigenvalue weighted by Gasteiger charge is 2.20. The number of anilines is 1. The Morgan fingerprint density at radius 3 is 2.66 bits per heavy atom. The number of thiazole rings is 1. The van der Waals surface area contributed by atoms with Gasteiger partial charge < -0.3 is 10.4 Å². The third kappa shape index (κ3) is 3.77. The number of para-hydroxylation sites is 1. The van der Waals surface area contributed by atoms with Crippen molar-refractivity contribution in [1.82, 2.24) is 4.57 Å². The van der Waals surface area contributed by atoms with Crippen LogP contribution in [0.2, 0.25) is 0 Å². The molecule has 0 spiro atoms. The molecule has 2 heterocycles. The fraction of sp³-hybridized carbons (Fsp3) is 0.136. The fourth-order valence-corrected chi connectivity index (χ4v) is 4.00. The predicted molar refractivity (Wildman–Crippen MR) is 117 cm³/mol. The maximum Gasteiger partial charge on any atom is 0.311 e. The van der Waals surface area contributed by atoms with Gasteiger partial charge in [-0.05, 0) is 38.1 Å². The molecule has 7 heteroatoms. The molecule has 0 saturated heterocycles. The zero-order valence-electron chi connectivity index (χ0n) is 16.0. The topological polar surface area (TPSA) is 83.7 Å². The van der Waals surface area contributed by atoms with Crippen molar-refractivity contribution in [2.45, 2.75) is 20.4 Å². The van der Waals surface area contributed by atoms with Crippen molar-refractivity contribution in [3.8, 4) is 5.88 Å². The molecule has 146 valence electrons.